The fourth-order valence-corrected chi connectivity index (χ4v) is 0.311. The fraction of sp³-hybridized carbons (Fsp3) is 0.222. The van der Waals surface area contributed by atoms with Gasteiger partial charge in [-0.15, -0.1) is 0 Å². The quantitative estimate of drug-likeness (QED) is 0.299. The van der Waals surface area contributed by atoms with Gasteiger partial charge in [-0.05, 0) is 6.92 Å². The van der Waals surface area contributed by atoms with Crippen molar-refractivity contribution in [2.24, 2.45) is 0 Å². The molecule has 0 rings (SSSR count). The molecule has 0 saturated carbocycles. The molecular weight excluding hydrogens is 199 g/mol. The molecule has 0 aromatic heterocycles. The number of hydrogen-bond acceptors (Lipinski definition) is 2. The van der Waals surface area contributed by atoms with Crippen molar-refractivity contribution in [3.05, 3.63) is 24.8 Å². The molecule has 3 heteroatoms. The average Bonchev–Trinajstić information content (AvgIpc) is 2.02. The van der Waals surface area contributed by atoms with E-state index in [0.29, 0.717) is 0 Å². The predicted molar refractivity (Wildman–Crippen MR) is 45.1 cm³/mol. The molecule has 0 unspecified atom stereocenters. The van der Waals surface area contributed by atoms with E-state index >= 15 is 0 Å². The molecule has 0 heterocycles. The van der Waals surface area contributed by atoms with E-state index in [2.05, 4.69) is 15.0 Å². The Balaban J connectivity index is 0. The standard InChI is InChI=1S/C5H5.C4H5O2.Ni/c1-3-5-4-2;1-4(6)2-3-5;/h1-5H;2H2,1H3;/q2*-1;/b5-3-;;. The molecule has 0 amide bonds. The summed E-state index contributed by atoms with van der Waals surface area (Å²) in [6.07, 6.45) is 6.23. The van der Waals surface area contributed by atoms with E-state index in [4.69, 9.17) is 6.58 Å². The van der Waals surface area contributed by atoms with Gasteiger partial charge in [0.2, 0.25) is 0 Å². The maximum atomic E-state index is 9.78. The van der Waals surface area contributed by atoms with Gasteiger partial charge in [0.25, 0.3) is 0 Å². The zero-order valence-electron chi connectivity index (χ0n) is 6.73. The van der Waals surface area contributed by atoms with Crippen LogP contribution >= 0.6 is 0 Å². The first-order valence-corrected chi connectivity index (χ1v) is 3.70. The van der Waals surface area contributed by atoms with Gasteiger partial charge in [0, 0.05) is 0 Å². The van der Waals surface area contributed by atoms with Gasteiger partial charge in [0.1, 0.15) is 5.78 Å². The van der Waals surface area contributed by atoms with Crippen molar-refractivity contribution in [2.45, 2.75) is 13.3 Å². The van der Waals surface area contributed by atoms with Gasteiger partial charge in [-0.2, -0.15) is 0 Å². The van der Waals surface area contributed by atoms with Gasteiger partial charge in [0.05, 0.1) is 0 Å². The average molecular weight is 209 g/mol. The van der Waals surface area contributed by atoms with Crippen molar-refractivity contribution in [1.82, 2.24) is 0 Å². The summed E-state index contributed by atoms with van der Waals surface area (Å²) in [6, 6.07) is 0. The van der Waals surface area contributed by atoms with Gasteiger partial charge in [0.15, 0.2) is 0 Å². The summed E-state index contributed by atoms with van der Waals surface area (Å²) in [5.74, 6) is -0.134. The van der Waals surface area contributed by atoms with E-state index in [1.165, 1.54) is 19.3 Å². The minimum absolute atomic E-state index is 0.0694. The summed E-state index contributed by atoms with van der Waals surface area (Å²) in [7, 11) is 0. The molecular formula is C9H10NiO2-2. The Kier molecular flexibility index (Phi) is 14.7. The van der Waals surface area contributed by atoms with Crippen molar-refractivity contribution in [2.75, 3.05) is 0 Å². The number of rotatable bonds is 4. The molecule has 0 saturated heterocycles. The topological polar surface area (TPSA) is 34.1 Å². The molecule has 0 N–H and O–H groups in total. The van der Waals surface area contributed by atoms with Crippen LogP contribution in [0.4, 0.5) is 0 Å². The first kappa shape index (κ1) is 13.8. The zero-order valence-corrected chi connectivity index (χ0v) is 7.71. The third-order valence-corrected chi connectivity index (χ3v) is 0.794. The monoisotopic (exact) mass is 208 g/mol. The molecule has 0 radical (unpaired) electrons. The first-order chi connectivity index (χ1) is 5.68. The fourth-order valence-electron chi connectivity index (χ4n) is 0.201. The SMILES string of the molecule is CC(=O)C[C-]=O.[CH-]=C/C=C\[CH]=[Ni]. The van der Waals surface area contributed by atoms with Crippen molar-refractivity contribution in [3.8, 4) is 0 Å². The Hall–Kier alpha value is -0.816. The summed E-state index contributed by atoms with van der Waals surface area (Å²) >= 11 is 4.18. The number of Topliss-reactive ketones (excluding diaryl/α,β-unsaturated/α-hetero) is 1. The van der Waals surface area contributed by atoms with E-state index in [0.717, 1.165) is 0 Å². The Bertz CT molecular complexity index is 173. The molecule has 0 bridgehead atoms. The first-order valence-electron chi connectivity index (χ1n) is 3.13. The number of allylic oxidation sites excluding steroid dienone is 3. The second-order valence-corrected chi connectivity index (χ2v) is 2.04. The summed E-state index contributed by atoms with van der Waals surface area (Å²) in [4.78, 5) is 20.6. The molecule has 0 aliphatic rings. The Labute approximate surface area is 80.3 Å². The van der Waals surface area contributed by atoms with Crippen LogP contribution in [0.5, 0.6) is 0 Å². The van der Waals surface area contributed by atoms with Crippen LogP contribution in [-0.2, 0) is 24.6 Å². The third kappa shape index (κ3) is 22.9. The molecule has 0 atom stereocenters. The summed E-state index contributed by atoms with van der Waals surface area (Å²) < 4.78 is 0. The van der Waals surface area contributed by atoms with Gasteiger partial charge in [-0.3, -0.25) is 6.29 Å². The number of carbonyl (C=O) groups is 1. The van der Waals surface area contributed by atoms with Crippen LogP contribution in [0, 0.1) is 6.58 Å². The molecule has 0 aromatic carbocycles. The molecule has 0 fully saturated rings. The van der Waals surface area contributed by atoms with Crippen LogP contribution < -0.4 is 0 Å². The summed E-state index contributed by atoms with van der Waals surface area (Å²) in [6.45, 7) is 6.29. The molecule has 0 aliphatic heterocycles. The van der Waals surface area contributed by atoms with Crippen LogP contribution in [0.15, 0.2) is 18.2 Å². The molecule has 2 nitrogen and oxygen atoms in total. The third-order valence-electron chi connectivity index (χ3n) is 0.604. The number of carbonyl (C=O) groups excluding carboxylic acids is 2. The predicted octanol–water partition coefficient (Wildman–Crippen LogP) is 0.956. The van der Waals surface area contributed by atoms with Gasteiger partial charge < -0.3 is 9.59 Å². The molecule has 70 valence electrons. The van der Waals surface area contributed by atoms with Gasteiger partial charge >= 0.3 is 44.8 Å². The number of hydrogen-bond donors (Lipinski definition) is 0. The summed E-state index contributed by atoms with van der Waals surface area (Å²) in [5, 5.41) is 0. The second kappa shape index (κ2) is 12.8. The maximum absolute atomic E-state index is 9.78. The van der Waals surface area contributed by atoms with Crippen LogP contribution in [-0.4, -0.2) is 17.1 Å². The Morgan fingerprint density at radius 2 is 2.17 bits per heavy atom. The Morgan fingerprint density at radius 1 is 1.58 bits per heavy atom. The summed E-state index contributed by atoms with van der Waals surface area (Å²) in [5.41, 5.74) is 0. The Morgan fingerprint density at radius 3 is 2.25 bits per heavy atom. The van der Waals surface area contributed by atoms with Crippen molar-refractivity contribution in [3.63, 3.8) is 0 Å². The number of ketones is 1. The van der Waals surface area contributed by atoms with E-state index in [1.54, 1.807) is 17.1 Å². The van der Waals surface area contributed by atoms with E-state index in [1.807, 2.05) is 0 Å². The van der Waals surface area contributed by atoms with Crippen LogP contribution in [0.25, 0.3) is 0 Å². The molecule has 0 aliphatic carbocycles. The second-order valence-electron chi connectivity index (χ2n) is 1.71. The molecule has 0 spiro atoms. The van der Waals surface area contributed by atoms with Gasteiger partial charge in [-0.1, -0.05) is 6.42 Å². The zero-order chi connectivity index (χ0) is 9.82. The van der Waals surface area contributed by atoms with Gasteiger partial charge in [-0.25, -0.2) is 0 Å². The molecule has 12 heavy (non-hydrogen) atoms. The van der Waals surface area contributed by atoms with Crippen LogP contribution in [0.3, 0.4) is 0 Å². The minimum atomic E-state index is -0.134. The van der Waals surface area contributed by atoms with E-state index < -0.39 is 0 Å². The normalized spacial score (nSPS) is 8.25. The van der Waals surface area contributed by atoms with Crippen molar-refractivity contribution in [1.29, 1.82) is 0 Å². The van der Waals surface area contributed by atoms with E-state index in [9.17, 15) is 9.59 Å². The van der Waals surface area contributed by atoms with Crippen LogP contribution in [0.1, 0.15) is 13.3 Å². The molecule has 0 aromatic rings. The van der Waals surface area contributed by atoms with Crippen LogP contribution in [0.2, 0.25) is 0 Å². The van der Waals surface area contributed by atoms with E-state index in [-0.39, 0.29) is 12.2 Å². The van der Waals surface area contributed by atoms with Crippen molar-refractivity contribution < 1.29 is 24.6 Å². The van der Waals surface area contributed by atoms with Crippen molar-refractivity contribution >= 4 is 17.1 Å².